The van der Waals surface area contributed by atoms with E-state index in [9.17, 15) is 13.2 Å². The van der Waals surface area contributed by atoms with Crippen LogP contribution in [0.4, 0.5) is 0 Å². The molecule has 7 nitrogen and oxygen atoms in total. The van der Waals surface area contributed by atoms with Crippen molar-refractivity contribution in [2.75, 3.05) is 21.1 Å². The SMILES string of the molecule is CN(Cc1cnn(C)c1)C(=O)c1cc(S(=O)(=O)N(C)C)ccc1Cl. The Hall–Kier alpha value is -1.90. The predicted molar refractivity (Wildman–Crippen MR) is 91.3 cm³/mol. The van der Waals surface area contributed by atoms with Crippen LogP contribution >= 0.6 is 11.6 Å². The van der Waals surface area contributed by atoms with Crippen LogP contribution in [0, 0.1) is 0 Å². The first-order valence-corrected chi connectivity index (χ1v) is 8.90. The molecule has 1 amide bonds. The molecule has 1 heterocycles. The van der Waals surface area contributed by atoms with E-state index in [1.165, 1.54) is 37.2 Å². The van der Waals surface area contributed by atoms with Crippen LogP contribution in [0.3, 0.4) is 0 Å². The molecule has 0 aliphatic heterocycles. The van der Waals surface area contributed by atoms with Gasteiger partial charge < -0.3 is 4.90 Å². The summed E-state index contributed by atoms with van der Waals surface area (Å²) in [5, 5.41) is 4.26. The van der Waals surface area contributed by atoms with Gasteiger partial charge in [-0.25, -0.2) is 12.7 Å². The lowest BCUT2D eigenvalue weighted by Gasteiger charge is -2.18. The van der Waals surface area contributed by atoms with Crippen molar-refractivity contribution in [2.24, 2.45) is 7.05 Å². The fourth-order valence-corrected chi connectivity index (χ4v) is 3.27. The summed E-state index contributed by atoms with van der Waals surface area (Å²) >= 11 is 6.10. The minimum absolute atomic E-state index is 0.0232. The third kappa shape index (κ3) is 3.77. The zero-order valence-corrected chi connectivity index (χ0v) is 15.5. The summed E-state index contributed by atoms with van der Waals surface area (Å²) in [4.78, 5) is 14.1. The fourth-order valence-electron chi connectivity index (χ4n) is 2.14. The molecule has 0 saturated heterocycles. The molecule has 0 unspecified atom stereocenters. The molecule has 2 aromatic rings. The maximum atomic E-state index is 12.6. The number of carbonyl (C=O) groups excluding carboxylic acids is 1. The van der Waals surface area contributed by atoms with Gasteiger partial charge in [-0.15, -0.1) is 0 Å². The molecular formula is C15H19ClN4O3S. The molecule has 0 aliphatic rings. The molecule has 2 rings (SSSR count). The van der Waals surface area contributed by atoms with Crippen LogP contribution in [0.25, 0.3) is 0 Å². The van der Waals surface area contributed by atoms with Crippen molar-refractivity contribution < 1.29 is 13.2 Å². The Morgan fingerprint density at radius 1 is 1.29 bits per heavy atom. The number of aromatic nitrogens is 2. The Balaban J connectivity index is 2.31. The number of hydrogen-bond donors (Lipinski definition) is 0. The highest BCUT2D eigenvalue weighted by Crippen LogP contribution is 2.23. The molecule has 0 radical (unpaired) electrons. The van der Waals surface area contributed by atoms with Gasteiger partial charge in [0.25, 0.3) is 5.91 Å². The van der Waals surface area contributed by atoms with Gasteiger partial charge in [0, 0.05) is 46.5 Å². The summed E-state index contributed by atoms with van der Waals surface area (Å²) in [7, 11) is 2.63. The Labute approximate surface area is 146 Å². The zero-order chi connectivity index (χ0) is 18.1. The van der Waals surface area contributed by atoms with Gasteiger partial charge in [0.2, 0.25) is 10.0 Å². The number of aryl methyl sites for hydroxylation is 1. The molecule has 0 spiro atoms. The molecule has 0 atom stereocenters. The molecule has 0 saturated carbocycles. The molecule has 0 N–H and O–H groups in total. The normalized spacial score (nSPS) is 11.8. The lowest BCUT2D eigenvalue weighted by atomic mass is 10.2. The largest absolute Gasteiger partial charge is 0.337 e. The monoisotopic (exact) mass is 370 g/mol. The maximum Gasteiger partial charge on any atom is 0.255 e. The van der Waals surface area contributed by atoms with Crippen LogP contribution in [-0.2, 0) is 23.6 Å². The quantitative estimate of drug-likeness (QED) is 0.801. The highest BCUT2D eigenvalue weighted by molar-refractivity contribution is 7.89. The Morgan fingerprint density at radius 3 is 2.50 bits per heavy atom. The van der Waals surface area contributed by atoms with E-state index in [1.807, 2.05) is 0 Å². The Bertz CT molecular complexity index is 861. The number of nitrogens with zero attached hydrogens (tertiary/aromatic N) is 4. The van der Waals surface area contributed by atoms with E-state index in [-0.39, 0.29) is 21.4 Å². The average Bonchev–Trinajstić information content (AvgIpc) is 2.91. The van der Waals surface area contributed by atoms with Crippen molar-refractivity contribution in [3.8, 4) is 0 Å². The van der Waals surface area contributed by atoms with Gasteiger partial charge in [-0.3, -0.25) is 9.48 Å². The van der Waals surface area contributed by atoms with E-state index in [4.69, 9.17) is 11.6 Å². The summed E-state index contributed by atoms with van der Waals surface area (Å²) in [6, 6.07) is 4.11. The van der Waals surface area contributed by atoms with Crippen LogP contribution in [0.15, 0.2) is 35.5 Å². The summed E-state index contributed by atoms with van der Waals surface area (Å²) < 4.78 is 27.2. The summed E-state index contributed by atoms with van der Waals surface area (Å²) in [6.45, 7) is 0.341. The lowest BCUT2D eigenvalue weighted by Crippen LogP contribution is -2.27. The third-order valence-electron chi connectivity index (χ3n) is 3.47. The zero-order valence-electron chi connectivity index (χ0n) is 13.9. The summed E-state index contributed by atoms with van der Waals surface area (Å²) in [5.74, 6) is -0.361. The molecular weight excluding hydrogens is 352 g/mol. The first-order chi connectivity index (χ1) is 11.1. The van der Waals surface area contributed by atoms with E-state index < -0.39 is 10.0 Å². The molecule has 1 aromatic carbocycles. The van der Waals surface area contributed by atoms with Crippen LogP contribution in [0.1, 0.15) is 15.9 Å². The van der Waals surface area contributed by atoms with Gasteiger partial charge in [-0.05, 0) is 18.2 Å². The fraction of sp³-hybridized carbons (Fsp3) is 0.333. The number of carbonyl (C=O) groups is 1. The highest BCUT2D eigenvalue weighted by Gasteiger charge is 2.22. The number of hydrogen-bond acceptors (Lipinski definition) is 4. The van der Waals surface area contributed by atoms with Crippen molar-refractivity contribution in [3.63, 3.8) is 0 Å². The van der Waals surface area contributed by atoms with Gasteiger partial charge in [0.05, 0.1) is 21.7 Å². The maximum absolute atomic E-state index is 12.6. The summed E-state index contributed by atoms with van der Waals surface area (Å²) in [5.41, 5.74) is 1.01. The molecule has 130 valence electrons. The molecule has 0 bridgehead atoms. The topological polar surface area (TPSA) is 75.5 Å². The number of halogens is 1. The number of sulfonamides is 1. The molecule has 9 heteroatoms. The van der Waals surface area contributed by atoms with Crippen LogP contribution in [-0.4, -0.2) is 54.5 Å². The first kappa shape index (κ1) is 18.4. The van der Waals surface area contributed by atoms with Crippen molar-refractivity contribution in [1.29, 1.82) is 0 Å². The average molecular weight is 371 g/mol. The van der Waals surface area contributed by atoms with Crippen LogP contribution < -0.4 is 0 Å². The van der Waals surface area contributed by atoms with Crippen LogP contribution in [0.5, 0.6) is 0 Å². The number of amides is 1. The van der Waals surface area contributed by atoms with Crippen molar-refractivity contribution >= 4 is 27.5 Å². The van der Waals surface area contributed by atoms with Crippen molar-refractivity contribution in [3.05, 3.63) is 46.7 Å². The molecule has 0 fully saturated rings. The number of benzene rings is 1. The van der Waals surface area contributed by atoms with Crippen molar-refractivity contribution in [1.82, 2.24) is 19.0 Å². The Morgan fingerprint density at radius 2 is 1.96 bits per heavy atom. The van der Waals surface area contributed by atoms with E-state index in [0.29, 0.717) is 6.54 Å². The third-order valence-corrected chi connectivity index (χ3v) is 5.61. The second-order valence-corrected chi connectivity index (χ2v) is 8.17. The lowest BCUT2D eigenvalue weighted by molar-refractivity contribution is 0.0785. The van der Waals surface area contributed by atoms with Crippen molar-refractivity contribution in [2.45, 2.75) is 11.4 Å². The Kier molecular flexibility index (Phi) is 5.32. The van der Waals surface area contributed by atoms with Gasteiger partial charge in [0.1, 0.15) is 0 Å². The van der Waals surface area contributed by atoms with E-state index in [2.05, 4.69) is 5.10 Å². The molecule has 1 aromatic heterocycles. The van der Waals surface area contributed by atoms with E-state index in [0.717, 1.165) is 9.87 Å². The van der Waals surface area contributed by atoms with Gasteiger partial charge in [-0.2, -0.15) is 5.10 Å². The van der Waals surface area contributed by atoms with Gasteiger partial charge in [-0.1, -0.05) is 11.6 Å². The van der Waals surface area contributed by atoms with Gasteiger partial charge in [0.15, 0.2) is 0 Å². The second kappa shape index (κ2) is 6.92. The van der Waals surface area contributed by atoms with Gasteiger partial charge >= 0.3 is 0 Å². The number of rotatable bonds is 5. The van der Waals surface area contributed by atoms with E-state index >= 15 is 0 Å². The first-order valence-electron chi connectivity index (χ1n) is 7.08. The highest BCUT2D eigenvalue weighted by atomic mass is 35.5. The predicted octanol–water partition coefficient (Wildman–Crippen LogP) is 1.60. The smallest absolute Gasteiger partial charge is 0.255 e. The van der Waals surface area contributed by atoms with E-state index in [1.54, 1.807) is 31.2 Å². The summed E-state index contributed by atoms with van der Waals surface area (Å²) in [6.07, 6.45) is 3.47. The minimum atomic E-state index is -3.64. The molecule has 0 aliphatic carbocycles. The second-order valence-electron chi connectivity index (χ2n) is 5.61. The minimum Gasteiger partial charge on any atom is -0.337 e. The standard InChI is InChI=1S/C15H19ClN4O3S/c1-18(2)24(22,23)12-5-6-14(16)13(7-12)15(21)19(3)9-11-8-17-20(4)10-11/h5-8,10H,9H2,1-4H3. The molecule has 24 heavy (non-hydrogen) atoms. The van der Waals surface area contributed by atoms with Crippen LogP contribution in [0.2, 0.25) is 5.02 Å².